The van der Waals surface area contributed by atoms with Crippen molar-refractivity contribution in [1.82, 2.24) is 0 Å². The predicted octanol–water partition coefficient (Wildman–Crippen LogP) is 0.948. The summed E-state index contributed by atoms with van der Waals surface area (Å²) in [5.41, 5.74) is 0.565. The summed E-state index contributed by atoms with van der Waals surface area (Å²) in [6.07, 6.45) is 0. The lowest BCUT2D eigenvalue weighted by Crippen LogP contribution is -1.98. The van der Waals surface area contributed by atoms with Gasteiger partial charge in [-0.1, -0.05) is 11.5 Å². The van der Waals surface area contributed by atoms with Gasteiger partial charge in [0.2, 0.25) is 0 Å². The lowest BCUT2D eigenvalue weighted by molar-refractivity contribution is 0.472. The molecule has 0 saturated carbocycles. The molecule has 1 aromatic carbocycles. The van der Waals surface area contributed by atoms with E-state index in [2.05, 4.69) is 15.9 Å². The molecule has 0 heterocycles. The Kier molecular flexibility index (Phi) is 1.81. The third-order valence-electron chi connectivity index (χ3n) is 0.970. The molecule has 0 aliphatic heterocycles. The second-order valence-electron chi connectivity index (χ2n) is 1.71. The molecule has 0 bridgehead atoms. The van der Waals surface area contributed by atoms with E-state index in [1.807, 2.05) is 0 Å². The van der Waals surface area contributed by atoms with E-state index in [-0.39, 0.29) is 5.75 Å². The number of phenols is 1. The number of benzene rings is 1. The Balaban J connectivity index is 3.17. The molecule has 0 atom stereocenters. The summed E-state index contributed by atoms with van der Waals surface area (Å²) < 4.78 is 0.664. The van der Waals surface area contributed by atoms with Crippen molar-refractivity contribution in [3.63, 3.8) is 0 Å². The highest BCUT2D eigenvalue weighted by molar-refractivity contribution is 9.10. The highest BCUT2D eigenvalue weighted by Gasteiger charge is 1.93. The molecule has 1 N–H and O–H groups in total. The standard InChI is InChI=1S/C6H4BBrO/c7-4-1-2-5(8)6(9)3-4/h1-3,9H. The minimum absolute atomic E-state index is 0.176. The average Bonchev–Trinajstić information content (AvgIpc) is 1.80. The quantitative estimate of drug-likeness (QED) is 0.593. The minimum Gasteiger partial charge on any atom is -0.507 e. The van der Waals surface area contributed by atoms with Gasteiger partial charge in [0.05, 0.1) is 4.47 Å². The first-order valence-electron chi connectivity index (χ1n) is 2.44. The Morgan fingerprint density at radius 1 is 1.44 bits per heavy atom. The fraction of sp³-hybridized carbons (Fsp3) is 0. The number of rotatable bonds is 0. The van der Waals surface area contributed by atoms with Crippen molar-refractivity contribution in [1.29, 1.82) is 0 Å². The topological polar surface area (TPSA) is 20.2 Å². The van der Waals surface area contributed by atoms with Crippen LogP contribution in [0, 0.1) is 0 Å². The highest BCUT2D eigenvalue weighted by Crippen LogP contribution is 2.20. The van der Waals surface area contributed by atoms with Crippen molar-refractivity contribution in [3.05, 3.63) is 22.7 Å². The Morgan fingerprint density at radius 3 is 2.56 bits per heavy atom. The second-order valence-corrected chi connectivity index (χ2v) is 2.57. The number of halogens is 1. The molecule has 1 aromatic rings. The maximum atomic E-state index is 8.97. The summed E-state index contributed by atoms with van der Waals surface area (Å²) in [4.78, 5) is 0. The normalized spacial score (nSPS) is 9.44. The molecule has 3 heteroatoms. The largest absolute Gasteiger partial charge is 0.507 e. The third kappa shape index (κ3) is 1.48. The van der Waals surface area contributed by atoms with E-state index in [0.717, 1.165) is 0 Å². The number of hydrogen-bond acceptors (Lipinski definition) is 1. The van der Waals surface area contributed by atoms with Gasteiger partial charge in [0.25, 0.3) is 0 Å². The molecular formula is C6H4BBrO. The highest BCUT2D eigenvalue weighted by atomic mass is 79.9. The zero-order valence-corrected chi connectivity index (χ0v) is 6.22. The summed E-state index contributed by atoms with van der Waals surface area (Å²) in [6.45, 7) is 0. The molecule has 0 aliphatic rings. The Labute approximate surface area is 63.2 Å². The predicted molar refractivity (Wildman–Crippen MR) is 41.2 cm³/mol. The second kappa shape index (κ2) is 2.44. The fourth-order valence-corrected chi connectivity index (χ4v) is 0.776. The SMILES string of the molecule is [B]c1ccc(Br)c(O)c1. The molecule has 0 spiro atoms. The van der Waals surface area contributed by atoms with Crippen LogP contribution in [0.1, 0.15) is 0 Å². The van der Waals surface area contributed by atoms with Crippen LogP contribution in [0.4, 0.5) is 0 Å². The summed E-state index contributed by atoms with van der Waals surface area (Å²) in [5, 5.41) is 8.97. The zero-order chi connectivity index (χ0) is 6.85. The number of phenolic OH excluding ortho intramolecular Hbond substituents is 1. The molecule has 0 fully saturated rings. The Hall–Kier alpha value is -0.435. The van der Waals surface area contributed by atoms with Crippen molar-refractivity contribution in [2.45, 2.75) is 0 Å². The molecule has 9 heavy (non-hydrogen) atoms. The van der Waals surface area contributed by atoms with Gasteiger partial charge in [-0.15, -0.1) is 0 Å². The van der Waals surface area contributed by atoms with Gasteiger partial charge in [-0.3, -0.25) is 0 Å². The molecule has 0 aliphatic carbocycles. The lowest BCUT2D eigenvalue weighted by atomic mass is 9.96. The van der Waals surface area contributed by atoms with Gasteiger partial charge in [0, 0.05) is 0 Å². The summed E-state index contributed by atoms with van der Waals surface area (Å²) in [7, 11) is 5.35. The molecule has 1 rings (SSSR count). The van der Waals surface area contributed by atoms with Crippen LogP contribution < -0.4 is 5.46 Å². The van der Waals surface area contributed by atoms with E-state index >= 15 is 0 Å². The number of hydrogen-bond donors (Lipinski definition) is 1. The van der Waals surface area contributed by atoms with Gasteiger partial charge < -0.3 is 5.11 Å². The lowest BCUT2D eigenvalue weighted by Gasteiger charge is -1.95. The van der Waals surface area contributed by atoms with Gasteiger partial charge in [-0.25, -0.2) is 0 Å². The van der Waals surface area contributed by atoms with E-state index in [1.54, 1.807) is 12.1 Å². The summed E-state index contributed by atoms with van der Waals surface area (Å²) in [5.74, 6) is 0.176. The van der Waals surface area contributed by atoms with Gasteiger partial charge >= 0.3 is 0 Å². The van der Waals surface area contributed by atoms with Crippen LogP contribution in [0.25, 0.3) is 0 Å². The molecule has 44 valence electrons. The van der Waals surface area contributed by atoms with Crippen molar-refractivity contribution >= 4 is 29.2 Å². The van der Waals surface area contributed by atoms with Crippen molar-refractivity contribution in [3.8, 4) is 5.75 Å². The number of aromatic hydroxyl groups is 1. The van der Waals surface area contributed by atoms with E-state index < -0.39 is 0 Å². The monoisotopic (exact) mass is 182 g/mol. The van der Waals surface area contributed by atoms with Crippen LogP contribution in [0.3, 0.4) is 0 Å². The molecule has 1 nitrogen and oxygen atoms in total. The van der Waals surface area contributed by atoms with E-state index in [1.165, 1.54) is 6.07 Å². The molecular weight excluding hydrogens is 179 g/mol. The van der Waals surface area contributed by atoms with Crippen molar-refractivity contribution < 1.29 is 5.11 Å². The van der Waals surface area contributed by atoms with Gasteiger partial charge in [0.15, 0.2) is 0 Å². The molecule has 0 aromatic heterocycles. The third-order valence-corrected chi connectivity index (χ3v) is 1.64. The summed E-state index contributed by atoms with van der Waals surface area (Å²) >= 11 is 3.12. The fourth-order valence-electron chi connectivity index (χ4n) is 0.530. The van der Waals surface area contributed by atoms with E-state index in [9.17, 15) is 0 Å². The van der Waals surface area contributed by atoms with Crippen LogP contribution in [0.5, 0.6) is 5.75 Å². The Morgan fingerprint density at radius 2 is 2.11 bits per heavy atom. The first kappa shape index (κ1) is 6.68. The van der Waals surface area contributed by atoms with Gasteiger partial charge in [0.1, 0.15) is 13.6 Å². The van der Waals surface area contributed by atoms with Crippen LogP contribution in [0.2, 0.25) is 0 Å². The van der Waals surface area contributed by atoms with Crippen LogP contribution in [-0.2, 0) is 0 Å². The zero-order valence-electron chi connectivity index (χ0n) is 4.63. The maximum Gasteiger partial charge on any atom is 0.129 e. The molecule has 0 saturated heterocycles. The molecule has 0 amide bonds. The first-order valence-corrected chi connectivity index (χ1v) is 3.23. The molecule has 2 radical (unpaired) electrons. The van der Waals surface area contributed by atoms with Gasteiger partial charge in [-0.2, -0.15) is 0 Å². The van der Waals surface area contributed by atoms with E-state index in [4.69, 9.17) is 13.0 Å². The minimum atomic E-state index is 0.176. The van der Waals surface area contributed by atoms with Crippen LogP contribution in [0.15, 0.2) is 22.7 Å². The summed E-state index contributed by atoms with van der Waals surface area (Å²) in [6, 6.07) is 4.90. The van der Waals surface area contributed by atoms with E-state index in [0.29, 0.717) is 9.94 Å². The maximum absolute atomic E-state index is 8.97. The van der Waals surface area contributed by atoms with Crippen molar-refractivity contribution in [2.24, 2.45) is 0 Å². The van der Waals surface area contributed by atoms with Crippen molar-refractivity contribution in [2.75, 3.05) is 0 Å². The average molecular weight is 183 g/mol. The Bertz CT molecular complexity index is 224. The van der Waals surface area contributed by atoms with Gasteiger partial charge in [-0.05, 0) is 28.1 Å². The smallest absolute Gasteiger partial charge is 0.129 e. The first-order chi connectivity index (χ1) is 4.20. The van der Waals surface area contributed by atoms with Crippen LogP contribution >= 0.6 is 15.9 Å². The molecule has 0 unspecified atom stereocenters. The van der Waals surface area contributed by atoms with Crippen LogP contribution in [-0.4, -0.2) is 13.0 Å².